The van der Waals surface area contributed by atoms with E-state index in [1.807, 2.05) is 0 Å². The number of carbonyl (C=O) groups is 2. The van der Waals surface area contributed by atoms with Crippen molar-refractivity contribution in [3.05, 3.63) is 48.3 Å². The van der Waals surface area contributed by atoms with E-state index in [-0.39, 0.29) is 11.7 Å². The van der Waals surface area contributed by atoms with Crippen molar-refractivity contribution in [2.45, 2.75) is 19.3 Å². The first-order valence-electron chi connectivity index (χ1n) is 7.12. The molecule has 3 amide bonds. The Bertz CT molecular complexity index is 703. The Labute approximate surface area is 133 Å². The number of carbonyl (C=O) groups excluding carboxylic acids is 2. The van der Waals surface area contributed by atoms with Crippen LogP contribution in [0.2, 0.25) is 0 Å². The highest BCUT2D eigenvalue weighted by atomic mass is 16.3. The molecule has 5 N–H and O–H groups in total. The second-order valence-electron chi connectivity index (χ2n) is 5.03. The van der Waals surface area contributed by atoms with Gasteiger partial charge in [-0.25, -0.2) is 4.79 Å². The monoisotopic (exact) mass is 314 g/mol. The normalized spacial score (nSPS) is 10.1. The van der Waals surface area contributed by atoms with E-state index >= 15 is 0 Å². The van der Waals surface area contributed by atoms with Crippen molar-refractivity contribution in [2.75, 3.05) is 10.6 Å². The molecule has 0 saturated carbocycles. The Balaban J connectivity index is 1.91. The van der Waals surface area contributed by atoms with E-state index in [2.05, 4.69) is 15.6 Å². The summed E-state index contributed by atoms with van der Waals surface area (Å²) >= 11 is 0. The molecule has 0 aliphatic carbocycles. The number of nitrogens with two attached hydrogens (primary N) is 1. The smallest absolute Gasteiger partial charge is 0.323 e. The zero-order valence-electron chi connectivity index (χ0n) is 12.5. The molecule has 0 unspecified atom stereocenters. The number of urea groups is 1. The van der Waals surface area contributed by atoms with Gasteiger partial charge in [-0.2, -0.15) is 0 Å². The van der Waals surface area contributed by atoms with Crippen LogP contribution in [0.25, 0.3) is 0 Å². The van der Waals surface area contributed by atoms with E-state index in [0.717, 1.165) is 5.56 Å². The van der Waals surface area contributed by atoms with Gasteiger partial charge in [-0.1, -0.05) is 6.07 Å². The largest absolute Gasteiger partial charge is 0.508 e. The van der Waals surface area contributed by atoms with E-state index in [9.17, 15) is 14.7 Å². The number of hydrogen-bond acceptors (Lipinski definition) is 4. The van der Waals surface area contributed by atoms with Crippen LogP contribution >= 0.6 is 0 Å². The quantitative estimate of drug-likeness (QED) is 0.654. The van der Waals surface area contributed by atoms with Gasteiger partial charge >= 0.3 is 6.03 Å². The molecule has 23 heavy (non-hydrogen) atoms. The molecule has 2 rings (SSSR count). The molecule has 0 aliphatic heterocycles. The van der Waals surface area contributed by atoms with Gasteiger partial charge in [0.2, 0.25) is 5.91 Å². The molecule has 1 aromatic carbocycles. The number of anilines is 2. The van der Waals surface area contributed by atoms with Crippen molar-refractivity contribution in [2.24, 2.45) is 5.73 Å². The number of aryl methyl sites for hydroxylation is 1. The number of pyridine rings is 1. The Kier molecular flexibility index (Phi) is 5.51. The molecule has 0 spiro atoms. The maximum Gasteiger partial charge on any atom is 0.323 e. The third-order valence-electron chi connectivity index (χ3n) is 3.05. The van der Waals surface area contributed by atoms with E-state index in [0.29, 0.717) is 30.6 Å². The molecular weight excluding hydrogens is 296 g/mol. The number of phenols is 1. The maximum atomic E-state index is 11.9. The molecule has 120 valence electrons. The summed E-state index contributed by atoms with van der Waals surface area (Å²) in [6, 6.07) is 7.60. The highest BCUT2D eigenvalue weighted by Crippen LogP contribution is 2.16. The molecule has 7 heteroatoms. The van der Waals surface area contributed by atoms with Crippen LogP contribution < -0.4 is 16.4 Å². The summed E-state index contributed by atoms with van der Waals surface area (Å²) in [7, 11) is 0. The molecule has 0 atom stereocenters. The molecular formula is C16H18N4O3. The lowest BCUT2D eigenvalue weighted by Crippen LogP contribution is -2.19. The average molecular weight is 314 g/mol. The predicted molar refractivity (Wildman–Crippen MR) is 87.1 cm³/mol. The first-order chi connectivity index (χ1) is 11.0. The van der Waals surface area contributed by atoms with Crippen LogP contribution in [0, 0.1) is 0 Å². The van der Waals surface area contributed by atoms with Crippen molar-refractivity contribution in [3.63, 3.8) is 0 Å². The van der Waals surface area contributed by atoms with Gasteiger partial charge in [-0.3, -0.25) is 9.78 Å². The molecule has 2 aromatic rings. The number of primary amides is 1. The lowest BCUT2D eigenvalue weighted by atomic mass is 10.1. The van der Waals surface area contributed by atoms with Crippen LogP contribution in [0.5, 0.6) is 5.75 Å². The first kappa shape index (κ1) is 16.3. The fourth-order valence-electron chi connectivity index (χ4n) is 2.04. The number of benzene rings is 1. The number of aromatic nitrogens is 1. The van der Waals surface area contributed by atoms with E-state index < -0.39 is 6.03 Å². The van der Waals surface area contributed by atoms with Gasteiger partial charge < -0.3 is 21.5 Å². The summed E-state index contributed by atoms with van der Waals surface area (Å²) in [6.45, 7) is 0. The summed E-state index contributed by atoms with van der Waals surface area (Å²) < 4.78 is 0. The Morgan fingerprint density at radius 2 is 1.91 bits per heavy atom. The Morgan fingerprint density at radius 3 is 2.65 bits per heavy atom. The van der Waals surface area contributed by atoms with E-state index in [1.165, 1.54) is 18.3 Å². The SMILES string of the molecule is NC(=O)CCCc1cncc(NC(=O)Nc2cccc(O)c2)c1. The summed E-state index contributed by atoms with van der Waals surface area (Å²) in [5.41, 5.74) is 7.02. The van der Waals surface area contributed by atoms with Crippen molar-refractivity contribution in [3.8, 4) is 5.75 Å². The third kappa shape index (κ3) is 5.66. The number of nitrogens with zero attached hydrogens (tertiary/aromatic N) is 1. The van der Waals surface area contributed by atoms with Crippen LogP contribution in [0.1, 0.15) is 18.4 Å². The number of hydrogen-bond donors (Lipinski definition) is 4. The zero-order chi connectivity index (χ0) is 16.7. The Morgan fingerprint density at radius 1 is 1.13 bits per heavy atom. The van der Waals surface area contributed by atoms with Crippen molar-refractivity contribution in [1.29, 1.82) is 0 Å². The zero-order valence-corrected chi connectivity index (χ0v) is 12.5. The molecule has 0 saturated heterocycles. The molecule has 0 radical (unpaired) electrons. The minimum absolute atomic E-state index is 0.0703. The highest BCUT2D eigenvalue weighted by Gasteiger charge is 2.05. The van der Waals surface area contributed by atoms with Crippen LogP contribution in [-0.2, 0) is 11.2 Å². The summed E-state index contributed by atoms with van der Waals surface area (Å²) in [4.78, 5) is 26.7. The summed E-state index contributed by atoms with van der Waals surface area (Å²) in [6.07, 6.45) is 4.81. The fraction of sp³-hybridized carbons (Fsp3) is 0.188. The number of nitrogens with one attached hydrogen (secondary N) is 2. The second kappa shape index (κ2) is 7.79. The Hall–Kier alpha value is -3.09. The molecule has 1 heterocycles. The van der Waals surface area contributed by atoms with Gasteiger partial charge in [-0.15, -0.1) is 0 Å². The van der Waals surface area contributed by atoms with Gasteiger partial charge in [0, 0.05) is 24.4 Å². The number of phenolic OH excluding ortho intramolecular Hbond substituents is 1. The molecule has 0 aliphatic rings. The maximum absolute atomic E-state index is 11.9. The van der Waals surface area contributed by atoms with Crippen LogP contribution in [-0.4, -0.2) is 22.0 Å². The standard InChI is InChI=1S/C16H18N4O3/c17-15(22)6-1-3-11-7-13(10-18-9-11)20-16(23)19-12-4-2-5-14(21)8-12/h2,4-5,7-10,21H,1,3,6H2,(H2,17,22)(H2,19,20,23). The van der Waals surface area contributed by atoms with Crippen LogP contribution in [0.15, 0.2) is 42.7 Å². The van der Waals surface area contributed by atoms with Crippen LogP contribution in [0.3, 0.4) is 0 Å². The second-order valence-corrected chi connectivity index (χ2v) is 5.03. The predicted octanol–water partition coefficient (Wildman–Crippen LogP) is 2.24. The molecule has 0 bridgehead atoms. The highest BCUT2D eigenvalue weighted by molar-refractivity contribution is 5.99. The molecule has 0 fully saturated rings. The average Bonchev–Trinajstić information content (AvgIpc) is 2.47. The fourth-order valence-corrected chi connectivity index (χ4v) is 2.04. The summed E-state index contributed by atoms with van der Waals surface area (Å²) in [5, 5.41) is 14.6. The number of aromatic hydroxyl groups is 1. The minimum atomic E-state index is -0.438. The summed E-state index contributed by atoms with van der Waals surface area (Å²) in [5.74, 6) is -0.265. The number of rotatable bonds is 6. The van der Waals surface area contributed by atoms with Crippen LogP contribution in [0.4, 0.5) is 16.2 Å². The number of amides is 3. The van der Waals surface area contributed by atoms with E-state index in [4.69, 9.17) is 5.73 Å². The van der Waals surface area contributed by atoms with E-state index in [1.54, 1.807) is 24.4 Å². The van der Waals surface area contributed by atoms with Gasteiger partial charge in [0.25, 0.3) is 0 Å². The first-order valence-corrected chi connectivity index (χ1v) is 7.12. The molecule has 7 nitrogen and oxygen atoms in total. The lowest BCUT2D eigenvalue weighted by Gasteiger charge is -2.09. The van der Waals surface area contributed by atoms with Crippen molar-refractivity contribution in [1.82, 2.24) is 4.98 Å². The third-order valence-corrected chi connectivity index (χ3v) is 3.05. The lowest BCUT2D eigenvalue weighted by molar-refractivity contribution is -0.118. The minimum Gasteiger partial charge on any atom is -0.508 e. The van der Waals surface area contributed by atoms with Crippen molar-refractivity contribution >= 4 is 23.3 Å². The van der Waals surface area contributed by atoms with Crippen molar-refractivity contribution < 1.29 is 14.7 Å². The van der Waals surface area contributed by atoms with Gasteiger partial charge in [0.1, 0.15) is 5.75 Å². The molecule has 1 aromatic heterocycles. The van der Waals surface area contributed by atoms with Gasteiger partial charge in [0.05, 0.1) is 11.9 Å². The topological polar surface area (TPSA) is 117 Å². The van der Waals surface area contributed by atoms with Gasteiger partial charge in [-0.05, 0) is 36.6 Å². The van der Waals surface area contributed by atoms with Gasteiger partial charge in [0.15, 0.2) is 0 Å².